The first-order chi connectivity index (χ1) is 34.3. The Labute approximate surface area is 414 Å². The van der Waals surface area contributed by atoms with Crippen LogP contribution in [0.25, 0.3) is 121 Å². The second-order valence-electron chi connectivity index (χ2n) is 22.7. The lowest BCUT2D eigenvalue weighted by Gasteiger charge is -2.41. The summed E-state index contributed by atoms with van der Waals surface area (Å²) < 4.78 is 12.6. The highest BCUT2D eigenvalue weighted by Gasteiger charge is 2.51. The lowest BCUT2D eigenvalue weighted by Crippen LogP contribution is -2.37. The van der Waals surface area contributed by atoms with E-state index in [1.165, 1.54) is 111 Å². The van der Waals surface area contributed by atoms with Gasteiger partial charge in [-0.3, -0.25) is 0 Å². The summed E-state index contributed by atoms with van der Waals surface area (Å²) in [4.78, 5) is 0. The molecule has 0 unspecified atom stereocenters. The van der Waals surface area contributed by atoms with Crippen molar-refractivity contribution in [3.05, 3.63) is 203 Å². The highest BCUT2D eigenvalue weighted by atomic mass is 16.3. The molecule has 10 aromatic carbocycles. The molecule has 2 aromatic heterocycles. The van der Waals surface area contributed by atoms with Crippen LogP contribution in [0.1, 0.15) is 88.8 Å². The summed E-state index contributed by atoms with van der Waals surface area (Å²) in [6.07, 6.45) is 0. The van der Waals surface area contributed by atoms with Crippen LogP contribution in [-0.4, -0.2) is 0 Å². The normalized spacial score (nSPS) is 15.6. The van der Waals surface area contributed by atoms with Crippen molar-refractivity contribution in [2.24, 2.45) is 11.8 Å². The fraction of sp³-hybridized carbons (Fsp3) is 0.188. The Morgan fingerprint density at radius 3 is 1.04 bits per heavy atom. The molecule has 15 rings (SSSR count). The quantitative estimate of drug-likeness (QED) is 0.176. The van der Waals surface area contributed by atoms with Crippen LogP contribution in [0.5, 0.6) is 0 Å². The van der Waals surface area contributed by atoms with E-state index in [2.05, 4.69) is 225 Å². The zero-order valence-corrected chi connectivity index (χ0v) is 41.6. The highest BCUT2D eigenvalue weighted by molar-refractivity contribution is 6.14. The van der Waals surface area contributed by atoms with Gasteiger partial charge in [0.25, 0.3) is 0 Å². The Kier molecular flexibility index (Phi) is 7.99. The Hall–Kier alpha value is -7.68. The monoisotopic (exact) mass is 914 g/mol. The van der Waals surface area contributed by atoms with Gasteiger partial charge in [0.05, 0.1) is 0 Å². The van der Waals surface area contributed by atoms with Gasteiger partial charge in [0, 0.05) is 37.8 Å². The van der Waals surface area contributed by atoms with Gasteiger partial charge < -0.3 is 8.83 Å². The molecule has 0 atom stereocenters. The van der Waals surface area contributed by atoms with Crippen molar-refractivity contribution in [2.45, 2.75) is 71.6 Å². The standard InChI is InChI=1S/C69H54O2/c1-37(2)69(38(3)4)57-35-53-55(67(5,6)59-31-47(41-17-9-11-21-45(41)65(53)59)39-25-27-63-51(29-39)43-19-13-15-23-61(43)70-63)33-49(57)50-34-56-54(36-58(50)69)66-46-22-12-10-18-42(46)48(32-60(66)68(56,7)8)40-26-28-64-52(30-40)44-20-14-16-24-62(44)71-64/h9-38H,1-8H3. The lowest BCUT2D eigenvalue weighted by atomic mass is 9.62. The lowest BCUT2D eigenvalue weighted by molar-refractivity contribution is 0.280. The molecule has 2 heterocycles. The predicted molar refractivity (Wildman–Crippen MR) is 298 cm³/mol. The number of benzene rings is 10. The van der Waals surface area contributed by atoms with Gasteiger partial charge >= 0.3 is 0 Å². The summed E-state index contributed by atoms with van der Waals surface area (Å²) in [5, 5.41) is 9.84. The third kappa shape index (κ3) is 5.13. The molecule has 0 spiro atoms. The van der Waals surface area contributed by atoms with E-state index in [1.807, 2.05) is 0 Å². The Morgan fingerprint density at radius 1 is 0.296 bits per heavy atom. The van der Waals surface area contributed by atoms with Crippen molar-refractivity contribution in [1.29, 1.82) is 0 Å². The maximum Gasteiger partial charge on any atom is 0.135 e. The molecule has 0 saturated carbocycles. The Bertz CT molecular complexity index is 4070. The van der Waals surface area contributed by atoms with E-state index in [9.17, 15) is 0 Å². The number of fused-ring (bicyclic) bond motifs is 19. The minimum Gasteiger partial charge on any atom is -0.456 e. The SMILES string of the molecule is CC(C)C1(C(C)C)c2cc3c(cc2-c2cc4c(cc21)-c1c(cc(-c2ccc5oc6ccccc6c5c2)c2ccccc12)C4(C)C)C(C)(C)c1cc(-c2ccc4oc5ccccc5c4c2)c2ccccc2c1-3. The van der Waals surface area contributed by atoms with Crippen molar-refractivity contribution in [1.82, 2.24) is 0 Å². The van der Waals surface area contributed by atoms with Crippen LogP contribution >= 0.6 is 0 Å². The topological polar surface area (TPSA) is 26.3 Å². The summed E-state index contributed by atoms with van der Waals surface area (Å²) in [6, 6.07) is 64.2. The van der Waals surface area contributed by atoms with Gasteiger partial charge in [-0.05, 0) is 195 Å². The van der Waals surface area contributed by atoms with E-state index < -0.39 is 0 Å². The summed E-state index contributed by atoms with van der Waals surface area (Å²) in [5.41, 5.74) is 25.0. The number of para-hydroxylation sites is 2. The zero-order chi connectivity index (χ0) is 48.0. The molecule has 0 bridgehead atoms. The third-order valence-electron chi connectivity index (χ3n) is 18.0. The van der Waals surface area contributed by atoms with E-state index in [0.29, 0.717) is 11.8 Å². The van der Waals surface area contributed by atoms with Gasteiger partial charge in [0.2, 0.25) is 0 Å². The summed E-state index contributed by atoms with van der Waals surface area (Å²) in [5.74, 6) is 0.699. The zero-order valence-electron chi connectivity index (χ0n) is 41.6. The van der Waals surface area contributed by atoms with Gasteiger partial charge in [0.15, 0.2) is 0 Å². The largest absolute Gasteiger partial charge is 0.456 e. The van der Waals surface area contributed by atoms with Crippen LogP contribution in [0.4, 0.5) is 0 Å². The molecule has 0 aliphatic heterocycles. The number of rotatable bonds is 4. The summed E-state index contributed by atoms with van der Waals surface area (Å²) in [6.45, 7) is 19.7. The average molecular weight is 915 g/mol. The van der Waals surface area contributed by atoms with Crippen LogP contribution in [0.2, 0.25) is 0 Å². The van der Waals surface area contributed by atoms with Crippen molar-refractivity contribution in [3.63, 3.8) is 0 Å². The molecule has 0 N–H and O–H groups in total. The minimum atomic E-state index is -0.237. The van der Waals surface area contributed by atoms with Gasteiger partial charge in [-0.1, -0.05) is 152 Å². The molecule has 71 heavy (non-hydrogen) atoms. The van der Waals surface area contributed by atoms with E-state index in [4.69, 9.17) is 8.83 Å². The molecule has 0 fully saturated rings. The van der Waals surface area contributed by atoms with Crippen LogP contribution < -0.4 is 0 Å². The predicted octanol–water partition coefficient (Wildman–Crippen LogP) is 19.3. The molecule has 0 radical (unpaired) electrons. The fourth-order valence-corrected chi connectivity index (χ4v) is 14.7. The van der Waals surface area contributed by atoms with E-state index in [-0.39, 0.29) is 16.2 Å². The maximum absolute atomic E-state index is 6.30. The van der Waals surface area contributed by atoms with Crippen LogP contribution in [0.3, 0.4) is 0 Å². The molecule has 342 valence electrons. The maximum atomic E-state index is 6.30. The molecule has 0 saturated heterocycles. The van der Waals surface area contributed by atoms with Gasteiger partial charge in [0.1, 0.15) is 22.3 Å². The number of hydrogen-bond donors (Lipinski definition) is 0. The van der Waals surface area contributed by atoms with Crippen LogP contribution in [-0.2, 0) is 16.2 Å². The number of hydrogen-bond acceptors (Lipinski definition) is 2. The van der Waals surface area contributed by atoms with Gasteiger partial charge in [-0.15, -0.1) is 0 Å². The third-order valence-corrected chi connectivity index (χ3v) is 18.0. The minimum absolute atomic E-state index is 0.203. The fourth-order valence-electron chi connectivity index (χ4n) is 14.7. The summed E-state index contributed by atoms with van der Waals surface area (Å²) in [7, 11) is 0. The highest BCUT2D eigenvalue weighted by Crippen LogP contribution is 2.64. The second kappa shape index (κ2) is 13.8. The van der Waals surface area contributed by atoms with Crippen LogP contribution in [0, 0.1) is 11.8 Å². The van der Waals surface area contributed by atoms with Gasteiger partial charge in [-0.2, -0.15) is 0 Å². The van der Waals surface area contributed by atoms with E-state index in [0.717, 1.165) is 43.9 Å². The molecular weight excluding hydrogens is 861 g/mol. The van der Waals surface area contributed by atoms with Crippen LogP contribution in [0.15, 0.2) is 179 Å². The first-order valence-corrected chi connectivity index (χ1v) is 25.7. The Morgan fingerprint density at radius 2 is 0.634 bits per heavy atom. The number of furan rings is 2. The molecule has 3 aliphatic rings. The first-order valence-electron chi connectivity index (χ1n) is 25.7. The molecular formula is C69H54O2. The summed E-state index contributed by atoms with van der Waals surface area (Å²) >= 11 is 0. The van der Waals surface area contributed by atoms with E-state index >= 15 is 0 Å². The molecule has 3 aliphatic carbocycles. The second-order valence-corrected chi connectivity index (χ2v) is 22.7. The molecule has 2 nitrogen and oxygen atoms in total. The van der Waals surface area contributed by atoms with Crippen molar-refractivity contribution >= 4 is 65.4 Å². The Balaban J connectivity index is 0.934. The first kappa shape index (κ1) is 41.1. The van der Waals surface area contributed by atoms with Crippen molar-refractivity contribution < 1.29 is 8.83 Å². The average Bonchev–Trinajstić information content (AvgIpc) is 4.13. The smallest absolute Gasteiger partial charge is 0.135 e. The van der Waals surface area contributed by atoms with E-state index in [1.54, 1.807) is 0 Å². The molecule has 12 aromatic rings. The van der Waals surface area contributed by atoms with Gasteiger partial charge in [-0.25, -0.2) is 0 Å². The van der Waals surface area contributed by atoms with Crippen molar-refractivity contribution in [2.75, 3.05) is 0 Å². The molecule has 0 amide bonds. The molecule has 2 heteroatoms. The van der Waals surface area contributed by atoms with Crippen molar-refractivity contribution in [3.8, 4) is 55.6 Å².